The predicted octanol–water partition coefficient (Wildman–Crippen LogP) is 1.87. The Hall–Kier alpha value is -2.74. The first-order valence-electron chi connectivity index (χ1n) is 7.90. The first kappa shape index (κ1) is 20.6. The lowest BCUT2D eigenvalue weighted by Gasteiger charge is -2.20. The van der Waals surface area contributed by atoms with Crippen LogP contribution < -0.4 is 15.6 Å². The number of hydrazine groups is 1. The zero-order valence-electron chi connectivity index (χ0n) is 15.3. The highest BCUT2D eigenvalue weighted by Crippen LogP contribution is 2.20. The topological polar surface area (TPSA) is 116 Å². The summed E-state index contributed by atoms with van der Waals surface area (Å²) in [6.07, 6.45) is 1.27. The minimum absolute atomic E-state index is 0.00731. The molecule has 0 bridgehead atoms. The van der Waals surface area contributed by atoms with Gasteiger partial charge in [-0.25, -0.2) is 18.2 Å². The Labute approximate surface area is 157 Å². The zero-order valence-corrected chi connectivity index (χ0v) is 16.1. The quantitative estimate of drug-likeness (QED) is 0.671. The summed E-state index contributed by atoms with van der Waals surface area (Å²) in [5.74, 6) is -1.57. The molecule has 1 heterocycles. The first-order chi connectivity index (χ1) is 12.4. The summed E-state index contributed by atoms with van der Waals surface area (Å²) in [6, 6.07) is 6.88. The SMILES string of the molecule is Cn1cc(S(=O)(=O)NNC(C)(C)C)cc1C(=O)Nc1cccc(C#N)c1F. The number of amides is 1. The number of rotatable bonds is 5. The summed E-state index contributed by atoms with van der Waals surface area (Å²) in [5.41, 5.74) is 1.79. The van der Waals surface area contributed by atoms with Gasteiger partial charge < -0.3 is 9.88 Å². The molecule has 0 aliphatic rings. The van der Waals surface area contributed by atoms with Gasteiger partial charge in [0.1, 0.15) is 16.7 Å². The van der Waals surface area contributed by atoms with Gasteiger partial charge in [-0.05, 0) is 39.0 Å². The summed E-state index contributed by atoms with van der Waals surface area (Å²) in [6.45, 7) is 5.34. The molecule has 8 nitrogen and oxygen atoms in total. The third-order valence-corrected chi connectivity index (χ3v) is 4.67. The fourth-order valence-corrected chi connectivity index (χ4v) is 3.21. The highest BCUT2D eigenvalue weighted by Gasteiger charge is 2.23. The molecule has 0 spiro atoms. The molecule has 2 rings (SSSR count). The monoisotopic (exact) mass is 393 g/mol. The number of benzene rings is 1. The molecule has 144 valence electrons. The van der Waals surface area contributed by atoms with E-state index in [1.54, 1.807) is 26.8 Å². The van der Waals surface area contributed by atoms with Crippen LogP contribution in [0.4, 0.5) is 10.1 Å². The van der Waals surface area contributed by atoms with Gasteiger partial charge in [-0.3, -0.25) is 4.79 Å². The largest absolute Gasteiger partial charge is 0.345 e. The van der Waals surface area contributed by atoms with Crippen molar-refractivity contribution in [2.45, 2.75) is 31.2 Å². The van der Waals surface area contributed by atoms with Gasteiger partial charge in [0.05, 0.1) is 11.3 Å². The van der Waals surface area contributed by atoms with Crippen molar-refractivity contribution in [3.05, 3.63) is 47.5 Å². The van der Waals surface area contributed by atoms with Gasteiger partial charge in [0.25, 0.3) is 15.9 Å². The molecule has 0 saturated heterocycles. The number of halogens is 1. The van der Waals surface area contributed by atoms with E-state index >= 15 is 0 Å². The van der Waals surface area contributed by atoms with Crippen LogP contribution in [0.25, 0.3) is 0 Å². The number of aryl methyl sites for hydroxylation is 1. The molecule has 0 unspecified atom stereocenters. The second-order valence-corrected chi connectivity index (χ2v) is 8.57. The number of nitriles is 1. The third-order valence-electron chi connectivity index (χ3n) is 3.45. The van der Waals surface area contributed by atoms with Crippen molar-refractivity contribution >= 4 is 21.6 Å². The molecule has 3 N–H and O–H groups in total. The lowest BCUT2D eigenvalue weighted by Crippen LogP contribution is -2.48. The van der Waals surface area contributed by atoms with Crippen molar-refractivity contribution in [1.29, 1.82) is 5.26 Å². The van der Waals surface area contributed by atoms with Crippen molar-refractivity contribution < 1.29 is 17.6 Å². The number of hydrogen-bond donors (Lipinski definition) is 3. The number of carbonyl (C=O) groups is 1. The van der Waals surface area contributed by atoms with E-state index in [0.717, 1.165) is 0 Å². The summed E-state index contributed by atoms with van der Waals surface area (Å²) in [7, 11) is -2.41. The normalized spacial score (nSPS) is 11.9. The van der Waals surface area contributed by atoms with E-state index < -0.39 is 27.3 Å². The Morgan fingerprint density at radius 3 is 2.56 bits per heavy atom. The van der Waals surface area contributed by atoms with Crippen molar-refractivity contribution in [2.75, 3.05) is 5.32 Å². The number of carbonyl (C=O) groups excluding carboxylic acids is 1. The lowest BCUT2D eigenvalue weighted by atomic mass is 10.1. The third kappa shape index (κ3) is 4.91. The number of sulfonamides is 1. The first-order valence-corrected chi connectivity index (χ1v) is 9.38. The average Bonchev–Trinajstić information content (AvgIpc) is 2.97. The number of aromatic nitrogens is 1. The van der Waals surface area contributed by atoms with E-state index in [1.807, 2.05) is 0 Å². The highest BCUT2D eigenvalue weighted by molar-refractivity contribution is 7.89. The molecule has 0 aliphatic heterocycles. The molecule has 0 radical (unpaired) electrons. The van der Waals surface area contributed by atoms with Gasteiger partial charge >= 0.3 is 0 Å². The summed E-state index contributed by atoms with van der Waals surface area (Å²) >= 11 is 0. The van der Waals surface area contributed by atoms with E-state index in [-0.39, 0.29) is 21.8 Å². The smallest absolute Gasteiger partial charge is 0.272 e. The molecular formula is C17H20FN5O3S. The summed E-state index contributed by atoms with van der Waals surface area (Å²) in [5, 5.41) is 11.2. The molecular weight excluding hydrogens is 373 g/mol. The molecule has 0 saturated carbocycles. The fraction of sp³-hybridized carbons (Fsp3) is 0.294. The lowest BCUT2D eigenvalue weighted by molar-refractivity contribution is 0.101. The maximum absolute atomic E-state index is 14.1. The highest BCUT2D eigenvalue weighted by atomic mass is 32.2. The van der Waals surface area contributed by atoms with Crippen LogP contribution in [0, 0.1) is 17.1 Å². The van der Waals surface area contributed by atoms with Crippen LogP contribution in [-0.2, 0) is 17.1 Å². The van der Waals surface area contributed by atoms with E-state index in [4.69, 9.17) is 5.26 Å². The number of nitrogens with zero attached hydrogens (tertiary/aromatic N) is 2. The van der Waals surface area contributed by atoms with Crippen molar-refractivity contribution in [3.63, 3.8) is 0 Å². The predicted molar refractivity (Wildman–Crippen MR) is 97.7 cm³/mol. The standard InChI is InChI=1S/C17H20FN5O3S/c1-17(2,3)21-22-27(25,26)12-8-14(23(4)10-12)16(24)20-13-7-5-6-11(9-19)15(13)18/h5-8,10,21-22H,1-4H3,(H,20,24). The van der Waals surface area contributed by atoms with Crippen LogP contribution in [0.3, 0.4) is 0 Å². The fourth-order valence-electron chi connectivity index (χ4n) is 2.09. The van der Waals surface area contributed by atoms with Gasteiger partial charge in [-0.1, -0.05) is 6.07 Å². The van der Waals surface area contributed by atoms with Gasteiger partial charge in [0.15, 0.2) is 5.82 Å². The Morgan fingerprint density at radius 1 is 1.30 bits per heavy atom. The van der Waals surface area contributed by atoms with Crippen LogP contribution >= 0.6 is 0 Å². The summed E-state index contributed by atoms with van der Waals surface area (Å²) in [4.78, 5) is 14.6. The molecule has 1 aromatic carbocycles. The van der Waals surface area contributed by atoms with Crippen molar-refractivity contribution in [1.82, 2.24) is 14.8 Å². The van der Waals surface area contributed by atoms with Crippen LogP contribution in [-0.4, -0.2) is 24.4 Å². The van der Waals surface area contributed by atoms with Gasteiger partial charge in [0, 0.05) is 18.8 Å². The maximum atomic E-state index is 14.1. The zero-order chi connectivity index (χ0) is 20.4. The van der Waals surface area contributed by atoms with Crippen molar-refractivity contribution in [2.24, 2.45) is 7.05 Å². The minimum Gasteiger partial charge on any atom is -0.345 e. The molecule has 27 heavy (non-hydrogen) atoms. The van der Waals surface area contributed by atoms with Crippen LogP contribution in [0.15, 0.2) is 35.4 Å². The Bertz CT molecular complexity index is 1020. The Balaban J connectivity index is 2.26. The summed E-state index contributed by atoms with van der Waals surface area (Å²) < 4.78 is 40.1. The van der Waals surface area contributed by atoms with E-state index in [9.17, 15) is 17.6 Å². The number of nitrogens with one attached hydrogen (secondary N) is 3. The van der Waals surface area contributed by atoms with Crippen LogP contribution in [0.5, 0.6) is 0 Å². The second kappa shape index (κ2) is 7.48. The Morgan fingerprint density at radius 2 is 1.96 bits per heavy atom. The molecule has 0 aliphatic carbocycles. The van der Waals surface area contributed by atoms with Crippen molar-refractivity contribution in [3.8, 4) is 6.07 Å². The van der Waals surface area contributed by atoms with Gasteiger partial charge in [0.2, 0.25) is 0 Å². The van der Waals surface area contributed by atoms with E-state index in [0.29, 0.717) is 0 Å². The molecule has 2 aromatic rings. The molecule has 1 aromatic heterocycles. The molecule has 1 amide bonds. The molecule has 0 atom stereocenters. The second-order valence-electron chi connectivity index (χ2n) is 6.89. The van der Waals surface area contributed by atoms with E-state index in [2.05, 4.69) is 15.6 Å². The minimum atomic E-state index is -3.90. The molecule has 0 fully saturated rings. The Kier molecular flexibility index (Phi) is 5.70. The molecule has 10 heteroatoms. The van der Waals surface area contributed by atoms with Crippen LogP contribution in [0.2, 0.25) is 0 Å². The maximum Gasteiger partial charge on any atom is 0.272 e. The average molecular weight is 393 g/mol. The van der Waals surface area contributed by atoms with Gasteiger partial charge in [-0.2, -0.15) is 5.26 Å². The van der Waals surface area contributed by atoms with E-state index in [1.165, 1.54) is 42.1 Å². The van der Waals surface area contributed by atoms with Gasteiger partial charge in [-0.15, -0.1) is 4.83 Å². The van der Waals surface area contributed by atoms with Crippen LogP contribution in [0.1, 0.15) is 36.8 Å². The number of hydrogen-bond acceptors (Lipinski definition) is 5. The number of anilines is 1.